The number of nitrogens with one attached hydrogen (secondary N) is 12. The summed E-state index contributed by atoms with van der Waals surface area (Å²) >= 11 is 0. The highest BCUT2D eigenvalue weighted by Crippen LogP contribution is 2.20. The van der Waals surface area contributed by atoms with Gasteiger partial charge in [-0.15, -0.1) is 0 Å². The number of carbonyl (C=O) groups excluding carboxylic acids is 10. The maximum atomic E-state index is 14.7. The topological polar surface area (TPSA) is 639 Å². The van der Waals surface area contributed by atoms with E-state index in [1.807, 2.05) is 0 Å². The summed E-state index contributed by atoms with van der Waals surface area (Å²) in [6.45, 7) is 1.21. The Morgan fingerprint density at radius 1 is 0.421 bits per heavy atom. The Bertz CT molecular complexity index is 2790. The Labute approximate surface area is 552 Å². The van der Waals surface area contributed by atoms with E-state index in [-0.39, 0.29) is 116 Å². The van der Waals surface area contributed by atoms with Crippen molar-refractivity contribution in [2.24, 2.45) is 51.6 Å². The van der Waals surface area contributed by atoms with Crippen molar-refractivity contribution in [1.29, 1.82) is 5.41 Å². The van der Waals surface area contributed by atoms with Gasteiger partial charge < -0.3 is 120 Å². The first-order valence-electron chi connectivity index (χ1n) is 32.4. The van der Waals surface area contributed by atoms with Gasteiger partial charge in [0, 0.05) is 36.5 Å². The molecule has 0 aliphatic rings. The normalized spacial score (nSPS) is 14.3. The smallest absolute Gasteiger partial charge is 0.326 e. The van der Waals surface area contributed by atoms with Crippen LogP contribution in [0.3, 0.4) is 0 Å². The molecule has 534 valence electrons. The number of fused-ring (bicyclic) bond motifs is 1. The van der Waals surface area contributed by atoms with Gasteiger partial charge in [-0.2, -0.15) is 0 Å². The number of primary amides is 1. The number of aromatic nitrogens is 1. The molecule has 35 nitrogen and oxygen atoms in total. The molecule has 0 fully saturated rings. The second-order valence-electron chi connectivity index (χ2n) is 23.1. The molecule has 10 amide bonds. The number of hydrogen-bond acceptors (Lipinski definition) is 20. The van der Waals surface area contributed by atoms with E-state index in [0.29, 0.717) is 74.4 Å². The summed E-state index contributed by atoms with van der Waals surface area (Å²) in [5.41, 5.74) is 52.8. The van der Waals surface area contributed by atoms with Gasteiger partial charge in [0.15, 0.2) is 5.96 Å². The lowest BCUT2D eigenvalue weighted by Crippen LogP contribution is -2.61. The number of amides is 10. The number of unbranched alkanes of at least 4 members (excludes halogenated alkanes) is 5. The molecule has 0 spiro atoms. The third-order valence-corrected chi connectivity index (χ3v) is 15.4. The molecule has 0 unspecified atom stereocenters. The van der Waals surface area contributed by atoms with Gasteiger partial charge in [-0.3, -0.25) is 58.1 Å². The van der Waals surface area contributed by atoms with Gasteiger partial charge in [0.2, 0.25) is 59.1 Å². The molecule has 1 aromatic carbocycles. The van der Waals surface area contributed by atoms with Gasteiger partial charge in [0.05, 0.1) is 12.5 Å². The minimum absolute atomic E-state index is 0.0308. The van der Waals surface area contributed by atoms with Crippen LogP contribution >= 0.6 is 0 Å². The van der Waals surface area contributed by atoms with E-state index in [1.54, 1.807) is 30.5 Å². The molecule has 2 aromatic rings. The zero-order chi connectivity index (χ0) is 70.8. The first kappa shape index (κ1) is 82.5. The highest BCUT2D eigenvalue weighted by Gasteiger charge is 2.37. The van der Waals surface area contributed by atoms with Crippen LogP contribution in [-0.4, -0.2) is 198 Å². The lowest BCUT2D eigenvalue weighted by atomic mass is 10.0. The van der Waals surface area contributed by atoms with Gasteiger partial charge in [-0.25, -0.2) is 4.79 Å². The number of nitrogens with two attached hydrogens (primary N) is 9. The average Bonchev–Trinajstić information content (AvgIpc) is 1.76. The first-order chi connectivity index (χ1) is 45.3. The van der Waals surface area contributed by atoms with Gasteiger partial charge >= 0.3 is 11.9 Å². The molecule has 32 N–H and O–H groups in total. The number of para-hydroxylation sites is 1. The number of carboxylic acids is 2. The van der Waals surface area contributed by atoms with E-state index in [1.165, 1.54) is 0 Å². The van der Waals surface area contributed by atoms with Crippen LogP contribution in [0.15, 0.2) is 30.5 Å². The SMILES string of the molecule is N=C(N)NCCC[C@H](N)C(=O)N[C@@H](CCN)C(=O)N[C@@H](CCCCN)C(=O)N[C@@H](CCC(=O)O)C(=O)N[C@@H](CCCCN)C(=O)N[C@@H](CC(N)=O)C(=O)N[C@@H](CCCCN)C(=O)N[C@@H](Cc1c[nH]c2ccccc12)C(=O)N[C@@H](CCCCN)C(=O)N[C@@H](CCCCN)C(=O)O. The molecule has 10 atom stereocenters. The number of rotatable bonds is 52. The number of benzene rings is 1. The third-order valence-electron chi connectivity index (χ3n) is 15.4. The molecule has 0 bridgehead atoms. The van der Waals surface area contributed by atoms with Crippen LogP contribution < -0.4 is 105 Å². The fourth-order valence-corrected chi connectivity index (χ4v) is 10.0. The second-order valence-corrected chi connectivity index (χ2v) is 23.1. The van der Waals surface area contributed by atoms with Crippen molar-refractivity contribution in [1.82, 2.24) is 58.2 Å². The van der Waals surface area contributed by atoms with E-state index in [2.05, 4.69) is 58.2 Å². The lowest BCUT2D eigenvalue weighted by Gasteiger charge is -2.28. The lowest BCUT2D eigenvalue weighted by molar-refractivity contribution is -0.142. The molecule has 95 heavy (non-hydrogen) atoms. The van der Waals surface area contributed by atoms with Crippen LogP contribution in [0.25, 0.3) is 10.9 Å². The summed E-state index contributed by atoms with van der Waals surface area (Å²) in [6, 6.07) is -7.34. The van der Waals surface area contributed by atoms with Crippen LogP contribution in [0.4, 0.5) is 0 Å². The molecular formula is C60H105N21O14. The van der Waals surface area contributed by atoms with Gasteiger partial charge in [-0.1, -0.05) is 18.2 Å². The predicted octanol–water partition coefficient (Wildman–Crippen LogP) is -5.52. The average molecular weight is 1340 g/mol. The number of H-pyrrole nitrogens is 1. The Morgan fingerprint density at radius 2 is 0.779 bits per heavy atom. The fraction of sp³-hybridized carbons (Fsp3) is 0.650. The minimum atomic E-state index is -1.83. The van der Waals surface area contributed by atoms with Crippen molar-refractivity contribution >= 4 is 87.9 Å². The number of guanidine groups is 1. The molecule has 1 heterocycles. The van der Waals surface area contributed by atoms with Crippen LogP contribution in [-0.2, 0) is 64.0 Å². The summed E-state index contributed by atoms with van der Waals surface area (Å²) in [6.07, 6.45) is 2.91. The van der Waals surface area contributed by atoms with Crippen LogP contribution in [0.1, 0.15) is 140 Å². The number of carboxylic acid groups (broad SMARTS) is 2. The molecule has 0 radical (unpaired) electrons. The Balaban J connectivity index is 2.56. The highest BCUT2D eigenvalue weighted by atomic mass is 16.4. The molecule has 35 heteroatoms. The number of aromatic amines is 1. The summed E-state index contributed by atoms with van der Waals surface area (Å²) in [5, 5.41) is 53.3. The van der Waals surface area contributed by atoms with Crippen molar-refractivity contribution < 1.29 is 67.7 Å². The summed E-state index contributed by atoms with van der Waals surface area (Å²) < 4.78 is 0. The highest BCUT2D eigenvalue weighted by molar-refractivity contribution is 6.00. The number of hydrogen-bond donors (Lipinski definition) is 23. The van der Waals surface area contributed by atoms with E-state index in [9.17, 15) is 67.7 Å². The van der Waals surface area contributed by atoms with E-state index in [0.717, 1.165) is 0 Å². The van der Waals surface area contributed by atoms with Gasteiger partial charge in [0.25, 0.3) is 0 Å². The first-order valence-corrected chi connectivity index (χ1v) is 32.4. The maximum absolute atomic E-state index is 14.7. The van der Waals surface area contributed by atoms with Crippen molar-refractivity contribution in [3.63, 3.8) is 0 Å². The largest absolute Gasteiger partial charge is 0.481 e. The fourth-order valence-electron chi connectivity index (χ4n) is 10.0. The summed E-state index contributed by atoms with van der Waals surface area (Å²) in [4.78, 5) is 168. The molecule has 0 aliphatic carbocycles. The Kier molecular flexibility index (Phi) is 40.3. The van der Waals surface area contributed by atoms with E-state index >= 15 is 0 Å². The third kappa shape index (κ3) is 32.4. The molecule has 0 aliphatic heterocycles. The maximum Gasteiger partial charge on any atom is 0.326 e. The molecule has 1 aromatic heterocycles. The number of carbonyl (C=O) groups is 12. The van der Waals surface area contributed by atoms with Crippen LogP contribution in [0.2, 0.25) is 0 Å². The minimum Gasteiger partial charge on any atom is -0.481 e. The monoisotopic (exact) mass is 1340 g/mol. The van der Waals surface area contributed by atoms with Crippen LogP contribution in [0, 0.1) is 5.41 Å². The predicted molar refractivity (Wildman–Crippen MR) is 353 cm³/mol. The van der Waals surface area contributed by atoms with E-state index in [4.69, 9.17) is 57.0 Å². The Morgan fingerprint density at radius 3 is 1.18 bits per heavy atom. The Hall–Kier alpha value is -8.61. The molecule has 2 rings (SSSR count). The van der Waals surface area contributed by atoms with Crippen molar-refractivity contribution in [2.75, 3.05) is 45.8 Å². The zero-order valence-corrected chi connectivity index (χ0v) is 54.2. The molecular weight excluding hydrogens is 1240 g/mol. The van der Waals surface area contributed by atoms with Crippen molar-refractivity contribution in [2.45, 2.75) is 202 Å². The van der Waals surface area contributed by atoms with Crippen molar-refractivity contribution in [3.8, 4) is 0 Å². The summed E-state index contributed by atoms with van der Waals surface area (Å²) in [5.74, 6) is -12.4. The standard InChI is InChI=1S/C60H105N21O14/c61-25-8-3-17-39(75-56(91)44(24-30-66)73-50(85)37(67)15-13-31-71-60(69)70)51(86)78-43(22-23-49(83)84)55(90)74-41(19-5-10-27-63)54(89)81-47(33-48(68)82)58(93)77-42(20-6-11-28-64)53(88)80-46(32-35-34-72-38-16-2-1-14-36(35)38)57(92)76-40(18-4-9-26-62)52(87)79-45(59(94)95)21-7-12-29-65/h1-2,14,16,34,37,39-47,72H,3-13,15,17-33,61-67H2,(H2,68,82)(H,73,85)(H,74,90)(H,75,91)(H,76,92)(H,77,93)(H,78,86)(H,79,87)(H,80,88)(H,81,89)(H,83,84)(H,94,95)(H4,69,70,71)/t37-,39-,40-,41-,42-,43-,44-,45-,46-,47-/m0/s1. The van der Waals surface area contributed by atoms with Gasteiger partial charge in [-0.05, 0) is 173 Å². The molecule has 0 saturated heterocycles. The zero-order valence-electron chi connectivity index (χ0n) is 54.2. The second kappa shape index (κ2) is 46.5. The quantitative estimate of drug-likeness (QED) is 0.0167. The van der Waals surface area contributed by atoms with Crippen LogP contribution in [0.5, 0.6) is 0 Å². The van der Waals surface area contributed by atoms with Crippen molar-refractivity contribution in [3.05, 3.63) is 36.0 Å². The summed E-state index contributed by atoms with van der Waals surface area (Å²) in [7, 11) is 0. The molecule has 0 saturated carbocycles. The van der Waals surface area contributed by atoms with Gasteiger partial charge in [0.1, 0.15) is 54.4 Å². The number of aliphatic carboxylic acids is 2. The van der Waals surface area contributed by atoms with E-state index < -0.39 is 151 Å².